The number of rotatable bonds is 8. The van der Waals surface area contributed by atoms with Crippen LogP contribution in [0.4, 0.5) is 5.69 Å². The Morgan fingerprint density at radius 3 is 2.76 bits per heavy atom. The molecule has 0 spiro atoms. The van der Waals surface area contributed by atoms with Gasteiger partial charge in [0.15, 0.2) is 5.75 Å². The molecule has 0 heterocycles. The maximum Gasteiger partial charge on any atom is 0.310 e. The van der Waals surface area contributed by atoms with Crippen LogP contribution in [0.5, 0.6) is 5.75 Å². The lowest BCUT2D eigenvalue weighted by molar-refractivity contribution is -0.385. The standard InChI is InChI=1S/C14H17NO5S/c1-2-20-12-7-10(3-4-11(12)15(18)19)21-9-14(5-6-14)8-13(16)17/h3-4,7H,2,5-6,8-9H2,1H3,(H,16,17). The normalized spacial score (nSPS) is 15.5. The molecule has 0 aliphatic heterocycles. The topological polar surface area (TPSA) is 89.7 Å². The highest BCUT2D eigenvalue weighted by Gasteiger charge is 2.44. The Balaban J connectivity index is 2.05. The van der Waals surface area contributed by atoms with Gasteiger partial charge in [-0.15, -0.1) is 11.8 Å². The number of hydrogen-bond donors (Lipinski definition) is 1. The van der Waals surface area contributed by atoms with Crippen LogP contribution in [-0.2, 0) is 4.79 Å². The quantitative estimate of drug-likeness (QED) is 0.450. The van der Waals surface area contributed by atoms with E-state index in [0.717, 1.165) is 17.7 Å². The van der Waals surface area contributed by atoms with Crippen molar-refractivity contribution in [3.05, 3.63) is 28.3 Å². The SMILES string of the molecule is CCOc1cc(SCC2(CC(=O)O)CC2)ccc1[N+](=O)[O-]. The van der Waals surface area contributed by atoms with Crippen molar-refractivity contribution >= 4 is 23.4 Å². The molecule has 1 aliphatic carbocycles. The van der Waals surface area contributed by atoms with Gasteiger partial charge in [0.05, 0.1) is 18.0 Å². The molecule has 114 valence electrons. The van der Waals surface area contributed by atoms with Crippen molar-refractivity contribution in [3.8, 4) is 5.75 Å². The highest BCUT2D eigenvalue weighted by atomic mass is 32.2. The molecule has 0 unspecified atom stereocenters. The zero-order valence-electron chi connectivity index (χ0n) is 11.7. The van der Waals surface area contributed by atoms with Gasteiger partial charge in [0.25, 0.3) is 0 Å². The predicted molar refractivity (Wildman–Crippen MR) is 78.9 cm³/mol. The molecule has 1 aromatic rings. The smallest absolute Gasteiger partial charge is 0.310 e. The fourth-order valence-corrected chi connectivity index (χ4v) is 3.33. The van der Waals surface area contributed by atoms with Gasteiger partial charge < -0.3 is 9.84 Å². The Morgan fingerprint density at radius 1 is 1.52 bits per heavy atom. The number of aliphatic carboxylic acids is 1. The van der Waals surface area contributed by atoms with E-state index in [2.05, 4.69) is 0 Å². The first-order valence-electron chi connectivity index (χ1n) is 6.71. The number of carboxylic acids is 1. The number of hydrogen-bond acceptors (Lipinski definition) is 5. The van der Waals surface area contributed by atoms with E-state index < -0.39 is 10.9 Å². The summed E-state index contributed by atoms with van der Waals surface area (Å²) in [5, 5.41) is 19.8. The summed E-state index contributed by atoms with van der Waals surface area (Å²) in [5.74, 6) is 0.199. The molecule has 7 heteroatoms. The van der Waals surface area contributed by atoms with Gasteiger partial charge >= 0.3 is 11.7 Å². The highest BCUT2D eigenvalue weighted by Crippen LogP contribution is 2.52. The van der Waals surface area contributed by atoms with Crippen molar-refractivity contribution in [2.45, 2.75) is 31.1 Å². The summed E-state index contributed by atoms with van der Waals surface area (Å²) in [7, 11) is 0. The van der Waals surface area contributed by atoms with Gasteiger partial charge in [-0.3, -0.25) is 14.9 Å². The van der Waals surface area contributed by atoms with Gasteiger partial charge in [-0.1, -0.05) is 0 Å². The second-order valence-corrected chi connectivity index (χ2v) is 6.23. The minimum Gasteiger partial charge on any atom is -0.487 e. The number of carboxylic acid groups (broad SMARTS) is 1. The molecule has 1 aliphatic rings. The first kappa shape index (κ1) is 15.6. The zero-order valence-corrected chi connectivity index (χ0v) is 12.5. The number of nitro groups is 1. The van der Waals surface area contributed by atoms with Crippen molar-refractivity contribution in [2.75, 3.05) is 12.4 Å². The predicted octanol–water partition coefficient (Wildman–Crippen LogP) is 3.34. The van der Waals surface area contributed by atoms with Crippen molar-refractivity contribution in [1.29, 1.82) is 0 Å². The molecule has 2 rings (SSSR count). The molecule has 0 aromatic heterocycles. The van der Waals surface area contributed by atoms with Gasteiger partial charge in [0.1, 0.15) is 0 Å². The average molecular weight is 311 g/mol. The Kier molecular flexibility index (Phi) is 4.72. The Morgan fingerprint density at radius 2 is 2.24 bits per heavy atom. The summed E-state index contributed by atoms with van der Waals surface area (Å²) < 4.78 is 5.30. The molecule has 0 bridgehead atoms. The summed E-state index contributed by atoms with van der Waals surface area (Å²) in [6.07, 6.45) is 2.04. The summed E-state index contributed by atoms with van der Waals surface area (Å²) in [4.78, 5) is 22.1. The third-order valence-electron chi connectivity index (χ3n) is 3.46. The van der Waals surface area contributed by atoms with Crippen LogP contribution in [0.1, 0.15) is 26.2 Å². The maximum absolute atomic E-state index is 10.9. The summed E-state index contributed by atoms with van der Waals surface area (Å²) >= 11 is 1.53. The van der Waals surface area contributed by atoms with Crippen molar-refractivity contribution in [2.24, 2.45) is 5.41 Å². The van der Waals surface area contributed by atoms with Crippen LogP contribution < -0.4 is 4.74 Å². The fourth-order valence-electron chi connectivity index (χ4n) is 2.11. The van der Waals surface area contributed by atoms with Crippen LogP contribution in [0.15, 0.2) is 23.1 Å². The first-order chi connectivity index (χ1) is 9.96. The Hall–Kier alpha value is -1.76. The van der Waals surface area contributed by atoms with Crippen molar-refractivity contribution in [3.63, 3.8) is 0 Å². The molecule has 6 nitrogen and oxygen atoms in total. The molecule has 0 atom stereocenters. The minimum atomic E-state index is -0.771. The third-order valence-corrected chi connectivity index (χ3v) is 4.80. The van der Waals surface area contributed by atoms with Crippen molar-refractivity contribution < 1.29 is 19.6 Å². The lowest BCUT2D eigenvalue weighted by Gasteiger charge is -2.12. The second kappa shape index (κ2) is 6.34. The van der Waals surface area contributed by atoms with E-state index in [1.165, 1.54) is 17.8 Å². The van der Waals surface area contributed by atoms with Gasteiger partial charge in [-0.05, 0) is 31.2 Å². The number of thioether (sulfide) groups is 1. The largest absolute Gasteiger partial charge is 0.487 e. The molecule has 0 saturated heterocycles. The van der Waals surface area contributed by atoms with Gasteiger partial charge in [0.2, 0.25) is 0 Å². The summed E-state index contributed by atoms with van der Waals surface area (Å²) in [6.45, 7) is 2.13. The first-order valence-corrected chi connectivity index (χ1v) is 7.70. The van der Waals surface area contributed by atoms with Crippen LogP contribution in [0.25, 0.3) is 0 Å². The van der Waals surface area contributed by atoms with E-state index in [4.69, 9.17) is 9.84 Å². The number of nitrogens with zero attached hydrogens (tertiary/aromatic N) is 1. The van der Waals surface area contributed by atoms with Gasteiger partial charge in [0, 0.05) is 22.8 Å². The number of carbonyl (C=O) groups is 1. The number of benzene rings is 1. The van der Waals surface area contributed by atoms with E-state index >= 15 is 0 Å². The summed E-state index contributed by atoms with van der Waals surface area (Å²) in [5.41, 5.74) is -0.155. The van der Waals surface area contributed by atoms with E-state index in [9.17, 15) is 14.9 Å². The molecule has 1 N–H and O–H groups in total. The molecular formula is C14H17NO5S. The minimum absolute atomic E-state index is 0.0483. The van der Waals surface area contributed by atoms with Crippen LogP contribution >= 0.6 is 11.8 Å². The van der Waals surface area contributed by atoms with E-state index in [1.54, 1.807) is 19.1 Å². The highest BCUT2D eigenvalue weighted by molar-refractivity contribution is 7.99. The monoisotopic (exact) mass is 311 g/mol. The second-order valence-electron chi connectivity index (χ2n) is 5.18. The van der Waals surface area contributed by atoms with Gasteiger partial charge in [-0.25, -0.2) is 0 Å². The van der Waals surface area contributed by atoms with Crippen LogP contribution in [-0.4, -0.2) is 28.4 Å². The molecule has 0 amide bonds. The number of nitro benzene ring substituents is 1. The van der Waals surface area contributed by atoms with E-state index in [-0.39, 0.29) is 23.3 Å². The lowest BCUT2D eigenvalue weighted by Crippen LogP contribution is -2.10. The van der Waals surface area contributed by atoms with Crippen molar-refractivity contribution in [1.82, 2.24) is 0 Å². The Bertz CT molecular complexity index is 556. The molecule has 0 radical (unpaired) electrons. The third kappa shape index (κ3) is 4.10. The van der Waals surface area contributed by atoms with Crippen LogP contribution in [0.3, 0.4) is 0 Å². The lowest BCUT2D eigenvalue weighted by atomic mass is 10.1. The Labute approximate surface area is 126 Å². The molecule has 21 heavy (non-hydrogen) atoms. The fraction of sp³-hybridized carbons (Fsp3) is 0.500. The number of ether oxygens (including phenoxy) is 1. The van der Waals surface area contributed by atoms with E-state index in [1.807, 2.05) is 0 Å². The van der Waals surface area contributed by atoms with Crippen LogP contribution in [0, 0.1) is 15.5 Å². The molecular weight excluding hydrogens is 294 g/mol. The van der Waals surface area contributed by atoms with E-state index in [0.29, 0.717) is 12.4 Å². The molecule has 1 fully saturated rings. The molecule has 1 saturated carbocycles. The van der Waals surface area contributed by atoms with Crippen LogP contribution in [0.2, 0.25) is 0 Å². The van der Waals surface area contributed by atoms with Gasteiger partial charge in [-0.2, -0.15) is 0 Å². The average Bonchev–Trinajstić information content (AvgIpc) is 3.16. The summed E-state index contributed by atoms with van der Waals surface area (Å²) in [6, 6.07) is 4.77. The zero-order chi connectivity index (χ0) is 15.5. The molecule has 1 aromatic carbocycles. The maximum atomic E-state index is 10.9.